The van der Waals surface area contributed by atoms with Crippen LogP contribution in [0.1, 0.15) is 26.2 Å². The summed E-state index contributed by atoms with van der Waals surface area (Å²) in [6.07, 6.45) is -1.10. The van der Waals surface area contributed by atoms with E-state index in [0.717, 1.165) is 19.1 Å². The van der Waals surface area contributed by atoms with Gasteiger partial charge in [0.25, 0.3) is 0 Å². The molecule has 0 aromatic rings. The molecule has 11 nitrogen and oxygen atoms in total. The van der Waals surface area contributed by atoms with Crippen LogP contribution in [0.5, 0.6) is 0 Å². The van der Waals surface area contributed by atoms with E-state index in [4.69, 9.17) is 23.7 Å². The molecule has 0 aromatic carbocycles. The Labute approximate surface area is 198 Å². The number of carbonyl (C=O) groups is 2. The molecule has 1 saturated heterocycles. The summed E-state index contributed by atoms with van der Waals surface area (Å²) < 4.78 is 26.6. The van der Waals surface area contributed by atoms with Crippen molar-refractivity contribution in [2.45, 2.75) is 63.2 Å². The SMILES string of the molecule is C=C[C@H]1[C@H](O[C@@H]2O[C@H](CO)[C@@H](O)[C@H](O)[C@H]2O)OC=C(C(=O)OC)[C@H]1/C=C/CC(=O)OCCCC. The number of hydrogen-bond acceptors (Lipinski definition) is 11. The molecule has 8 atom stereocenters. The van der Waals surface area contributed by atoms with Crippen molar-refractivity contribution in [1.82, 2.24) is 0 Å². The molecule has 0 aromatic heterocycles. The topological polar surface area (TPSA) is 161 Å². The Bertz CT molecular complexity index is 747. The van der Waals surface area contributed by atoms with Crippen LogP contribution in [0.4, 0.5) is 0 Å². The van der Waals surface area contributed by atoms with Crippen LogP contribution >= 0.6 is 0 Å². The lowest BCUT2D eigenvalue weighted by Crippen LogP contribution is -2.60. The van der Waals surface area contributed by atoms with E-state index in [-0.39, 0.29) is 12.0 Å². The van der Waals surface area contributed by atoms with Gasteiger partial charge >= 0.3 is 11.9 Å². The highest BCUT2D eigenvalue weighted by molar-refractivity contribution is 5.89. The first-order chi connectivity index (χ1) is 16.3. The van der Waals surface area contributed by atoms with Gasteiger partial charge < -0.3 is 44.1 Å². The van der Waals surface area contributed by atoms with E-state index in [1.807, 2.05) is 6.92 Å². The molecule has 0 saturated carbocycles. The first kappa shape index (κ1) is 28.0. The molecule has 4 N–H and O–H groups in total. The first-order valence-corrected chi connectivity index (χ1v) is 11.1. The highest BCUT2D eigenvalue weighted by Gasteiger charge is 2.47. The number of rotatable bonds is 11. The fourth-order valence-corrected chi connectivity index (χ4v) is 3.61. The maximum atomic E-state index is 12.3. The first-order valence-electron chi connectivity index (χ1n) is 11.1. The summed E-state index contributed by atoms with van der Waals surface area (Å²) in [5.41, 5.74) is 0.150. The minimum Gasteiger partial charge on any atom is -0.471 e. The highest BCUT2D eigenvalue weighted by atomic mass is 16.8. The van der Waals surface area contributed by atoms with Gasteiger partial charge in [0, 0.05) is 5.92 Å². The van der Waals surface area contributed by atoms with Gasteiger partial charge in [0.1, 0.15) is 24.4 Å². The Morgan fingerprint density at radius 1 is 1.18 bits per heavy atom. The largest absolute Gasteiger partial charge is 0.471 e. The van der Waals surface area contributed by atoms with Gasteiger partial charge in [-0.1, -0.05) is 31.6 Å². The van der Waals surface area contributed by atoms with Gasteiger partial charge in [0.15, 0.2) is 6.29 Å². The summed E-state index contributed by atoms with van der Waals surface area (Å²) >= 11 is 0. The van der Waals surface area contributed by atoms with Gasteiger partial charge in [-0.05, 0) is 6.42 Å². The minimum atomic E-state index is -1.63. The number of methoxy groups -OCH3 is 1. The number of allylic oxidation sites excluding steroid dienone is 1. The van der Waals surface area contributed by atoms with Crippen LogP contribution in [0.25, 0.3) is 0 Å². The van der Waals surface area contributed by atoms with E-state index in [9.17, 15) is 30.0 Å². The van der Waals surface area contributed by atoms with Gasteiger partial charge in [0.2, 0.25) is 6.29 Å². The highest BCUT2D eigenvalue weighted by Crippen LogP contribution is 2.36. The molecule has 0 amide bonds. The fraction of sp³-hybridized carbons (Fsp3) is 0.652. The van der Waals surface area contributed by atoms with Crippen molar-refractivity contribution in [2.75, 3.05) is 20.3 Å². The van der Waals surface area contributed by atoms with Gasteiger partial charge in [-0.25, -0.2) is 4.79 Å². The third-order valence-corrected chi connectivity index (χ3v) is 5.62. The fourth-order valence-electron chi connectivity index (χ4n) is 3.61. The lowest BCUT2D eigenvalue weighted by molar-refractivity contribution is -0.338. The number of carbonyl (C=O) groups excluding carboxylic acids is 2. The third-order valence-electron chi connectivity index (χ3n) is 5.62. The lowest BCUT2D eigenvalue weighted by atomic mass is 9.83. The molecule has 34 heavy (non-hydrogen) atoms. The Morgan fingerprint density at radius 3 is 2.53 bits per heavy atom. The molecule has 0 aliphatic carbocycles. The zero-order valence-corrected chi connectivity index (χ0v) is 19.3. The number of unbranched alkanes of at least 4 members (excludes halogenated alkanes) is 1. The normalized spacial score (nSPS) is 33.6. The Hall–Kier alpha value is -2.28. The summed E-state index contributed by atoms with van der Waals surface area (Å²) in [5, 5.41) is 39.6. The van der Waals surface area contributed by atoms with Crippen molar-refractivity contribution in [3.8, 4) is 0 Å². The molecule has 2 heterocycles. The number of ether oxygens (including phenoxy) is 5. The average Bonchev–Trinajstić information content (AvgIpc) is 2.84. The summed E-state index contributed by atoms with van der Waals surface area (Å²) in [4.78, 5) is 24.2. The predicted octanol–water partition coefficient (Wildman–Crippen LogP) is -0.0759. The quantitative estimate of drug-likeness (QED) is 0.176. The van der Waals surface area contributed by atoms with Crippen molar-refractivity contribution in [1.29, 1.82) is 0 Å². The van der Waals surface area contributed by atoms with Crippen molar-refractivity contribution in [2.24, 2.45) is 11.8 Å². The zero-order valence-electron chi connectivity index (χ0n) is 19.3. The Morgan fingerprint density at radius 2 is 1.91 bits per heavy atom. The van der Waals surface area contributed by atoms with Crippen LogP contribution in [-0.2, 0) is 33.3 Å². The van der Waals surface area contributed by atoms with Crippen molar-refractivity contribution >= 4 is 11.9 Å². The van der Waals surface area contributed by atoms with Crippen LogP contribution in [0, 0.1) is 11.8 Å². The molecule has 0 bridgehead atoms. The smallest absolute Gasteiger partial charge is 0.337 e. The molecular formula is C23H34O11. The number of esters is 2. The Kier molecular flexibility index (Phi) is 11.2. The summed E-state index contributed by atoms with van der Waals surface area (Å²) in [6, 6.07) is 0. The van der Waals surface area contributed by atoms with E-state index in [0.29, 0.717) is 6.61 Å². The Balaban J connectivity index is 2.18. The molecule has 192 valence electrons. The molecule has 11 heteroatoms. The molecule has 0 radical (unpaired) electrons. The van der Waals surface area contributed by atoms with Gasteiger partial charge in [-0.2, -0.15) is 0 Å². The number of hydrogen-bond donors (Lipinski definition) is 4. The minimum absolute atomic E-state index is 0.0162. The maximum Gasteiger partial charge on any atom is 0.337 e. The summed E-state index contributed by atoms with van der Waals surface area (Å²) in [5.74, 6) is -2.43. The van der Waals surface area contributed by atoms with E-state index in [1.165, 1.54) is 13.2 Å². The van der Waals surface area contributed by atoms with Crippen molar-refractivity contribution in [3.05, 3.63) is 36.6 Å². The molecule has 2 rings (SSSR count). The van der Waals surface area contributed by atoms with Crippen molar-refractivity contribution in [3.63, 3.8) is 0 Å². The second-order valence-electron chi connectivity index (χ2n) is 7.95. The second-order valence-corrected chi connectivity index (χ2v) is 7.95. The zero-order chi connectivity index (χ0) is 25.3. The van der Waals surface area contributed by atoms with Crippen molar-refractivity contribution < 1.29 is 53.7 Å². The third kappa shape index (κ3) is 6.87. The average molecular weight is 487 g/mol. The summed E-state index contributed by atoms with van der Waals surface area (Å²) in [7, 11) is 1.22. The number of aliphatic hydroxyl groups is 4. The van der Waals surface area contributed by atoms with E-state index >= 15 is 0 Å². The van der Waals surface area contributed by atoms with Crippen LogP contribution in [0.2, 0.25) is 0 Å². The molecule has 0 unspecified atom stereocenters. The second kappa shape index (κ2) is 13.6. The molecular weight excluding hydrogens is 452 g/mol. The number of aliphatic hydroxyl groups excluding tert-OH is 4. The van der Waals surface area contributed by atoms with Crippen LogP contribution < -0.4 is 0 Å². The standard InChI is InChI=1S/C23H34O11/c1-4-6-10-31-17(25)9-7-8-14-13(5-2)22(32-12-15(14)21(29)30-3)34-23-20(28)19(27)18(26)16(11-24)33-23/h5,7-8,12-14,16,18-20,22-24,26-28H,2,4,6,9-11H2,1,3H3/b8-7+/t13-,14+,16-,18-,19+,20-,22+,23+/m1/s1. The molecule has 0 spiro atoms. The lowest BCUT2D eigenvalue weighted by Gasteiger charge is -2.42. The molecule has 2 aliphatic heterocycles. The van der Waals surface area contributed by atoms with E-state index in [1.54, 1.807) is 12.2 Å². The molecule has 1 fully saturated rings. The summed E-state index contributed by atoms with van der Waals surface area (Å²) in [6.45, 7) is 5.47. The predicted molar refractivity (Wildman–Crippen MR) is 117 cm³/mol. The van der Waals surface area contributed by atoms with Gasteiger partial charge in [0.05, 0.1) is 44.5 Å². The van der Waals surface area contributed by atoms with E-state index < -0.39 is 67.4 Å². The van der Waals surface area contributed by atoms with Crippen LogP contribution in [-0.4, -0.2) is 89.7 Å². The van der Waals surface area contributed by atoms with E-state index in [2.05, 4.69) is 6.58 Å². The van der Waals surface area contributed by atoms with Crippen LogP contribution in [0.15, 0.2) is 36.6 Å². The van der Waals surface area contributed by atoms with Crippen LogP contribution in [0.3, 0.4) is 0 Å². The monoisotopic (exact) mass is 486 g/mol. The molecule has 2 aliphatic rings. The van der Waals surface area contributed by atoms with Gasteiger partial charge in [-0.3, -0.25) is 4.79 Å². The maximum absolute atomic E-state index is 12.3. The van der Waals surface area contributed by atoms with Gasteiger partial charge in [-0.15, -0.1) is 6.58 Å².